The van der Waals surface area contributed by atoms with Gasteiger partial charge in [-0.1, -0.05) is 29.8 Å². The topological polar surface area (TPSA) is 82.0 Å². The van der Waals surface area contributed by atoms with Crippen molar-refractivity contribution >= 4 is 35.2 Å². The molecular formula is C19H16ClN3O2. The minimum Gasteiger partial charge on any atom is -0.355 e. The van der Waals surface area contributed by atoms with Crippen molar-refractivity contribution in [3.63, 3.8) is 0 Å². The summed E-state index contributed by atoms with van der Waals surface area (Å²) >= 11 is 6.03. The molecule has 0 heterocycles. The highest BCUT2D eigenvalue weighted by molar-refractivity contribution is 6.31. The van der Waals surface area contributed by atoms with E-state index in [1.807, 2.05) is 6.07 Å². The first-order chi connectivity index (χ1) is 12.0. The van der Waals surface area contributed by atoms with Gasteiger partial charge >= 0.3 is 0 Å². The van der Waals surface area contributed by atoms with Crippen LogP contribution in [0.25, 0.3) is 6.08 Å². The molecule has 5 nitrogen and oxygen atoms in total. The summed E-state index contributed by atoms with van der Waals surface area (Å²) in [5.41, 5.74) is 2.37. The van der Waals surface area contributed by atoms with Gasteiger partial charge in [0, 0.05) is 23.3 Å². The molecule has 0 saturated carbocycles. The highest BCUT2D eigenvalue weighted by atomic mass is 35.5. The standard InChI is InChI=1S/C19H16ClN3O2/c1-12-16(20)4-3-5-17(12)23-19(25)15(11-21)10-13-6-8-14(9-7-13)18(24)22-2/h3-10H,1-2H3,(H,22,24)(H,23,25). The molecule has 2 aromatic rings. The molecule has 0 aromatic heterocycles. The largest absolute Gasteiger partial charge is 0.355 e. The SMILES string of the molecule is CNC(=O)c1ccc(C=C(C#N)C(=O)Nc2cccc(Cl)c2C)cc1. The molecule has 6 heteroatoms. The highest BCUT2D eigenvalue weighted by Gasteiger charge is 2.12. The van der Waals surface area contributed by atoms with E-state index in [4.69, 9.17) is 11.6 Å². The van der Waals surface area contributed by atoms with Crippen molar-refractivity contribution < 1.29 is 9.59 Å². The number of nitriles is 1. The van der Waals surface area contributed by atoms with Gasteiger partial charge in [-0.25, -0.2) is 0 Å². The molecule has 2 amide bonds. The smallest absolute Gasteiger partial charge is 0.266 e. The van der Waals surface area contributed by atoms with E-state index in [1.54, 1.807) is 56.4 Å². The number of nitrogens with zero attached hydrogens (tertiary/aromatic N) is 1. The van der Waals surface area contributed by atoms with Crippen molar-refractivity contribution in [1.82, 2.24) is 5.32 Å². The number of amides is 2. The zero-order valence-corrected chi connectivity index (χ0v) is 14.5. The maximum absolute atomic E-state index is 12.3. The molecule has 2 rings (SSSR count). The van der Waals surface area contributed by atoms with Crippen LogP contribution in [-0.2, 0) is 4.79 Å². The predicted molar refractivity (Wildman–Crippen MR) is 98.2 cm³/mol. The van der Waals surface area contributed by atoms with Gasteiger partial charge < -0.3 is 10.6 Å². The Labute approximate surface area is 150 Å². The molecule has 0 radical (unpaired) electrons. The van der Waals surface area contributed by atoms with E-state index in [0.717, 1.165) is 5.56 Å². The Morgan fingerprint density at radius 3 is 2.44 bits per heavy atom. The third kappa shape index (κ3) is 4.46. The average molecular weight is 354 g/mol. The summed E-state index contributed by atoms with van der Waals surface area (Å²) in [6.07, 6.45) is 1.46. The summed E-state index contributed by atoms with van der Waals surface area (Å²) in [7, 11) is 1.55. The fourth-order valence-corrected chi connectivity index (χ4v) is 2.30. The first kappa shape index (κ1) is 18.2. The number of benzene rings is 2. The number of halogens is 1. The van der Waals surface area contributed by atoms with Crippen LogP contribution in [-0.4, -0.2) is 18.9 Å². The summed E-state index contributed by atoms with van der Waals surface area (Å²) in [6.45, 7) is 1.78. The van der Waals surface area contributed by atoms with E-state index < -0.39 is 5.91 Å². The van der Waals surface area contributed by atoms with E-state index in [0.29, 0.717) is 21.8 Å². The first-order valence-electron chi connectivity index (χ1n) is 7.46. The van der Waals surface area contributed by atoms with Gasteiger partial charge in [0.2, 0.25) is 0 Å². The van der Waals surface area contributed by atoms with E-state index in [1.165, 1.54) is 6.08 Å². The van der Waals surface area contributed by atoms with Crippen LogP contribution in [0.15, 0.2) is 48.0 Å². The number of carbonyl (C=O) groups is 2. The fourth-order valence-electron chi connectivity index (χ4n) is 2.12. The lowest BCUT2D eigenvalue weighted by molar-refractivity contribution is -0.112. The number of hydrogen-bond donors (Lipinski definition) is 2. The van der Waals surface area contributed by atoms with Crippen LogP contribution >= 0.6 is 11.6 Å². The van der Waals surface area contributed by atoms with Gasteiger partial charge in [0.25, 0.3) is 11.8 Å². The summed E-state index contributed by atoms with van der Waals surface area (Å²) < 4.78 is 0. The zero-order chi connectivity index (χ0) is 18.4. The van der Waals surface area contributed by atoms with Crippen LogP contribution in [0.1, 0.15) is 21.5 Å². The van der Waals surface area contributed by atoms with E-state index in [-0.39, 0.29) is 11.5 Å². The van der Waals surface area contributed by atoms with Crippen molar-refractivity contribution in [1.29, 1.82) is 5.26 Å². The molecule has 2 aromatic carbocycles. The van der Waals surface area contributed by atoms with Gasteiger partial charge in [0.05, 0.1) is 0 Å². The highest BCUT2D eigenvalue weighted by Crippen LogP contribution is 2.23. The average Bonchev–Trinajstić information content (AvgIpc) is 2.63. The molecule has 0 fully saturated rings. The van der Waals surface area contributed by atoms with Crippen molar-refractivity contribution in [2.75, 3.05) is 12.4 Å². The van der Waals surface area contributed by atoms with E-state index in [2.05, 4.69) is 10.6 Å². The molecule has 0 unspecified atom stereocenters. The zero-order valence-electron chi connectivity index (χ0n) is 13.8. The second-order valence-corrected chi connectivity index (χ2v) is 5.64. The monoisotopic (exact) mass is 353 g/mol. The van der Waals surface area contributed by atoms with Gasteiger partial charge in [-0.3, -0.25) is 9.59 Å². The minimum atomic E-state index is -0.525. The van der Waals surface area contributed by atoms with Gasteiger partial charge in [-0.05, 0) is 48.4 Å². The molecule has 0 spiro atoms. The van der Waals surface area contributed by atoms with Crippen LogP contribution in [0.3, 0.4) is 0 Å². The van der Waals surface area contributed by atoms with Crippen molar-refractivity contribution in [3.05, 3.63) is 69.8 Å². The predicted octanol–water partition coefficient (Wildman–Crippen LogP) is 3.55. The second-order valence-electron chi connectivity index (χ2n) is 5.24. The summed E-state index contributed by atoms with van der Waals surface area (Å²) in [6, 6.07) is 13.6. The van der Waals surface area contributed by atoms with Crippen LogP contribution in [0.4, 0.5) is 5.69 Å². The molecule has 126 valence electrons. The molecule has 0 aliphatic carbocycles. The van der Waals surface area contributed by atoms with Gasteiger partial charge in [-0.2, -0.15) is 5.26 Å². The number of hydrogen-bond acceptors (Lipinski definition) is 3. The van der Waals surface area contributed by atoms with Crippen molar-refractivity contribution in [2.45, 2.75) is 6.92 Å². The first-order valence-corrected chi connectivity index (χ1v) is 7.84. The van der Waals surface area contributed by atoms with Gasteiger partial charge in [-0.15, -0.1) is 0 Å². The molecule has 0 bridgehead atoms. The maximum atomic E-state index is 12.3. The molecular weight excluding hydrogens is 338 g/mol. The molecule has 0 aliphatic rings. The van der Waals surface area contributed by atoms with Crippen molar-refractivity contribution in [2.24, 2.45) is 0 Å². The number of anilines is 1. The quantitative estimate of drug-likeness (QED) is 0.651. The van der Waals surface area contributed by atoms with Gasteiger partial charge in [0.1, 0.15) is 11.6 Å². The van der Waals surface area contributed by atoms with Crippen LogP contribution in [0, 0.1) is 18.3 Å². The lowest BCUT2D eigenvalue weighted by Crippen LogP contribution is -2.17. The van der Waals surface area contributed by atoms with E-state index >= 15 is 0 Å². The van der Waals surface area contributed by atoms with Crippen LogP contribution in [0.2, 0.25) is 5.02 Å². The normalized spacial score (nSPS) is 10.7. The minimum absolute atomic E-state index is 0.0490. The second kappa shape index (κ2) is 8.13. The Hall–Kier alpha value is -3.10. The summed E-state index contributed by atoms with van der Waals surface area (Å²) in [4.78, 5) is 23.8. The van der Waals surface area contributed by atoms with Crippen molar-refractivity contribution in [3.8, 4) is 6.07 Å². The molecule has 0 atom stereocenters. The molecule has 25 heavy (non-hydrogen) atoms. The summed E-state index contributed by atoms with van der Waals surface area (Å²) in [5.74, 6) is -0.728. The Balaban J connectivity index is 2.22. The number of rotatable bonds is 4. The van der Waals surface area contributed by atoms with Crippen LogP contribution < -0.4 is 10.6 Å². The van der Waals surface area contributed by atoms with Crippen LogP contribution in [0.5, 0.6) is 0 Å². The molecule has 0 aliphatic heterocycles. The Kier molecular flexibility index (Phi) is 5.93. The summed E-state index contributed by atoms with van der Waals surface area (Å²) in [5, 5.41) is 15.0. The van der Waals surface area contributed by atoms with Gasteiger partial charge in [0.15, 0.2) is 0 Å². The lowest BCUT2D eigenvalue weighted by atomic mass is 10.1. The van der Waals surface area contributed by atoms with E-state index in [9.17, 15) is 14.9 Å². The fraction of sp³-hybridized carbons (Fsp3) is 0.105. The third-order valence-corrected chi connectivity index (χ3v) is 4.00. The Morgan fingerprint density at radius 1 is 1.16 bits per heavy atom. The Morgan fingerprint density at radius 2 is 1.84 bits per heavy atom. The maximum Gasteiger partial charge on any atom is 0.266 e. The number of carbonyl (C=O) groups excluding carboxylic acids is 2. The molecule has 2 N–H and O–H groups in total. The number of nitrogens with one attached hydrogen (secondary N) is 2. The molecule has 0 saturated heterocycles. The third-order valence-electron chi connectivity index (χ3n) is 3.59. The lowest BCUT2D eigenvalue weighted by Gasteiger charge is -2.09. The Bertz CT molecular complexity index is 881.